The van der Waals surface area contributed by atoms with Crippen LogP contribution in [0.3, 0.4) is 0 Å². The fourth-order valence-electron chi connectivity index (χ4n) is 6.93. The Morgan fingerprint density at radius 3 is 2.86 bits per heavy atom. The van der Waals surface area contributed by atoms with Crippen LogP contribution in [0, 0.1) is 23.7 Å². The van der Waals surface area contributed by atoms with Crippen molar-refractivity contribution in [1.82, 2.24) is 10.5 Å². The van der Waals surface area contributed by atoms with Gasteiger partial charge in [0.15, 0.2) is 0 Å². The summed E-state index contributed by atoms with van der Waals surface area (Å²) in [4.78, 5) is 13.3. The number of nitrogens with one attached hydrogen (secondary N) is 1. The summed E-state index contributed by atoms with van der Waals surface area (Å²) in [5, 5.41) is 9.55. The fraction of sp³-hybridized carbons (Fsp3) is 0.536. The van der Waals surface area contributed by atoms with Crippen LogP contribution in [0.15, 0.2) is 70.4 Å². The van der Waals surface area contributed by atoms with Gasteiger partial charge in [0.25, 0.3) is 0 Å². The minimum absolute atomic E-state index is 0.172. The predicted molar refractivity (Wildman–Crippen MR) is 157 cm³/mol. The predicted octanol–water partition coefficient (Wildman–Crippen LogP) is 6.24. The third-order valence-corrected chi connectivity index (χ3v) is 10.1. The first-order chi connectivity index (χ1) is 17.0. The van der Waals surface area contributed by atoms with Gasteiger partial charge in [0.05, 0.1) is 6.54 Å². The molecular weight excluding hydrogens is 664 g/mol. The molecule has 0 radical (unpaired) electrons. The molecule has 7 heteroatoms. The van der Waals surface area contributed by atoms with Gasteiger partial charge in [-0.2, -0.15) is 0 Å². The zero-order valence-corrected chi connectivity index (χ0v) is 24.4. The lowest BCUT2D eigenvalue weighted by Crippen LogP contribution is -2.49. The van der Waals surface area contributed by atoms with Crippen molar-refractivity contribution in [3.05, 3.63) is 65.4 Å². The Morgan fingerprint density at radius 1 is 1.26 bits per heavy atom. The smallest absolute Gasteiger partial charge is 0.114 e. The summed E-state index contributed by atoms with van der Waals surface area (Å²) in [5.74, 6) is 2.03. The number of likely N-dealkylation sites (tertiary alicyclic amines) is 1. The highest BCUT2D eigenvalue weighted by molar-refractivity contribution is 14.1. The number of hydrogen-bond donors (Lipinski definition) is 2. The molecule has 1 aliphatic heterocycles. The van der Waals surface area contributed by atoms with Crippen LogP contribution in [-0.2, 0) is 4.84 Å². The summed E-state index contributed by atoms with van der Waals surface area (Å²) in [5.41, 5.74) is 9.42. The summed E-state index contributed by atoms with van der Waals surface area (Å²) in [6, 6.07) is 0.472. The maximum Gasteiger partial charge on any atom is 0.114 e. The number of aliphatic imine (C=N–C) groups is 1. The molecule has 186 valence electrons. The van der Waals surface area contributed by atoms with Crippen LogP contribution in [0.2, 0.25) is 0 Å². The van der Waals surface area contributed by atoms with Crippen LogP contribution >= 0.6 is 45.2 Å². The molecule has 7 aliphatic rings. The van der Waals surface area contributed by atoms with Crippen molar-refractivity contribution in [2.75, 3.05) is 19.6 Å². The Hall–Kier alpha value is -0.590. The van der Waals surface area contributed by atoms with E-state index < -0.39 is 0 Å². The van der Waals surface area contributed by atoms with Crippen molar-refractivity contribution in [2.45, 2.75) is 51.2 Å². The van der Waals surface area contributed by atoms with Crippen molar-refractivity contribution in [1.29, 1.82) is 0 Å². The van der Waals surface area contributed by atoms with Gasteiger partial charge in [-0.1, -0.05) is 46.7 Å². The number of nitrogens with zero attached hydrogens (tertiary/aromatic N) is 2. The van der Waals surface area contributed by atoms with Gasteiger partial charge in [-0.3, -0.25) is 19.9 Å². The zero-order valence-electron chi connectivity index (χ0n) is 20.1. The van der Waals surface area contributed by atoms with E-state index in [2.05, 4.69) is 99.2 Å². The average Bonchev–Trinajstić information content (AvgIpc) is 3.20. The lowest BCUT2D eigenvalue weighted by atomic mass is 9.44. The molecule has 35 heavy (non-hydrogen) atoms. The quantitative estimate of drug-likeness (QED) is 0.137. The highest BCUT2D eigenvalue weighted by Crippen LogP contribution is 2.67. The van der Waals surface area contributed by atoms with Crippen LogP contribution in [0.1, 0.15) is 39.0 Å². The van der Waals surface area contributed by atoms with Gasteiger partial charge >= 0.3 is 0 Å². The molecule has 0 spiro atoms. The first-order valence-corrected chi connectivity index (χ1v) is 15.0. The highest BCUT2D eigenvalue weighted by atomic mass is 127. The van der Waals surface area contributed by atoms with Gasteiger partial charge in [0.1, 0.15) is 6.10 Å². The van der Waals surface area contributed by atoms with E-state index in [1.54, 1.807) is 11.1 Å². The van der Waals surface area contributed by atoms with E-state index in [0.29, 0.717) is 23.8 Å². The molecule has 6 atom stereocenters. The Bertz CT molecular complexity index is 1100. The van der Waals surface area contributed by atoms with Crippen molar-refractivity contribution in [2.24, 2.45) is 28.7 Å². The molecule has 3 saturated carbocycles. The molecule has 5 nitrogen and oxygen atoms in total. The molecule has 0 aromatic carbocycles. The van der Waals surface area contributed by atoms with Gasteiger partial charge in [0.2, 0.25) is 0 Å². The summed E-state index contributed by atoms with van der Waals surface area (Å²) in [7, 11) is 0. The molecule has 4 fully saturated rings. The molecule has 0 amide bonds. The van der Waals surface area contributed by atoms with Gasteiger partial charge in [0, 0.05) is 46.1 Å². The van der Waals surface area contributed by atoms with E-state index in [4.69, 9.17) is 9.83 Å². The lowest BCUT2D eigenvalue weighted by Gasteiger charge is -2.60. The number of hydrogen-bond acceptors (Lipinski definition) is 5. The van der Waals surface area contributed by atoms with Crippen LogP contribution in [0.25, 0.3) is 0 Å². The zero-order chi connectivity index (χ0) is 24.1. The number of halogens is 2. The van der Waals surface area contributed by atoms with E-state index in [-0.39, 0.29) is 12.0 Å². The summed E-state index contributed by atoms with van der Waals surface area (Å²) >= 11 is 4.85. The minimum atomic E-state index is -0.172. The van der Waals surface area contributed by atoms with E-state index in [1.165, 1.54) is 43.1 Å². The summed E-state index contributed by atoms with van der Waals surface area (Å²) < 4.78 is 2.71. The Balaban J connectivity index is 1.14. The molecular formula is C28H33I2N3O2. The van der Waals surface area contributed by atoms with Gasteiger partial charge < -0.3 is 0 Å². The van der Waals surface area contributed by atoms with Crippen molar-refractivity contribution in [3.8, 4) is 0 Å². The first kappa shape index (κ1) is 24.7. The molecule has 1 saturated heterocycles. The molecule has 0 aromatic heterocycles. The lowest BCUT2D eigenvalue weighted by molar-refractivity contribution is -0.162. The van der Waals surface area contributed by atoms with Crippen molar-refractivity contribution in [3.63, 3.8) is 0 Å². The molecule has 6 aliphatic carbocycles. The van der Waals surface area contributed by atoms with Crippen LogP contribution in [-0.4, -0.2) is 48.1 Å². The minimum Gasteiger partial charge on any atom is -0.298 e. The Kier molecular flexibility index (Phi) is 7.27. The summed E-state index contributed by atoms with van der Waals surface area (Å²) in [6.07, 6.45) is 19.5. The molecule has 6 unspecified atom stereocenters. The number of rotatable bonds is 8. The average molecular weight is 697 g/mol. The van der Waals surface area contributed by atoms with E-state index in [0.717, 1.165) is 32.5 Å². The van der Waals surface area contributed by atoms with Crippen molar-refractivity contribution < 1.29 is 10.0 Å². The van der Waals surface area contributed by atoms with Gasteiger partial charge in [-0.15, -0.1) is 0 Å². The second kappa shape index (κ2) is 10.3. The normalized spacial score (nSPS) is 36.3. The molecule has 7 rings (SSSR count). The van der Waals surface area contributed by atoms with E-state index in [1.807, 2.05) is 0 Å². The standard InChI is InChI=1S/C28H33I2N3O2/c1-16-7-18(28(35-32-34)26(8-16)23-5-4-22-24-12-25(22)27(23)24)15-33-6-2-3-21(33)14-31-13-17-9-19(29)11-20(30)10-17/h4,7-9,11,13,17-18,21,24-25,28,32,34H,2-3,5-6,10,12,14-15H2,1H3/b31-13+. The third-order valence-electron chi connectivity index (χ3n) is 8.66. The second-order valence-electron chi connectivity index (χ2n) is 10.8. The second-order valence-corrected chi connectivity index (χ2v) is 13.4. The first-order valence-electron chi connectivity index (χ1n) is 12.9. The fourth-order valence-corrected chi connectivity index (χ4v) is 9.21. The van der Waals surface area contributed by atoms with Crippen LogP contribution < -0.4 is 5.64 Å². The van der Waals surface area contributed by atoms with Crippen molar-refractivity contribution >= 4 is 51.4 Å². The monoisotopic (exact) mass is 697 g/mol. The van der Waals surface area contributed by atoms with E-state index in [9.17, 15) is 5.21 Å². The van der Waals surface area contributed by atoms with Crippen LogP contribution in [0.4, 0.5) is 0 Å². The SMILES string of the molecule is CC1=CC(CN2CCCC2C/N=C/C2C=C(I)C=C(I)C2)C(ONO)C(C2=C3C4CC3C4=CC2)=C1. The van der Waals surface area contributed by atoms with Gasteiger partial charge in [-0.25, -0.2) is 0 Å². The third kappa shape index (κ3) is 4.74. The Labute approximate surface area is 235 Å². The molecule has 4 bridgehead atoms. The molecule has 1 heterocycles. The maximum atomic E-state index is 9.55. The highest BCUT2D eigenvalue weighted by Gasteiger charge is 2.56. The Morgan fingerprint density at radius 2 is 2.11 bits per heavy atom. The molecule has 2 N–H and O–H groups in total. The topological polar surface area (TPSA) is 57.1 Å². The molecule has 0 aromatic rings. The summed E-state index contributed by atoms with van der Waals surface area (Å²) in [6.45, 7) is 5.09. The number of allylic oxidation sites excluding steroid dienone is 9. The maximum absolute atomic E-state index is 9.55. The van der Waals surface area contributed by atoms with E-state index >= 15 is 0 Å². The van der Waals surface area contributed by atoms with Crippen LogP contribution in [0.5, 0.6) is 0 Å². The van der Waals surface area contributed by atoms with Gasteiger partial charge in [-0.05, 0) is 112 Å². The largest absolute Gasteiger partial charge is 0.298 e.